The van der Waals surface area contributed by atoms with Crippen LogP contribution in [-0.4, -0.2) is 25.0 Å². The molecule has 0 saturated heterocycles. The van der Waals surface area contributed by atoms with Gasteiger partial charge in [0.1, 0.15) is 6.61 Å². The van der Waals surface area contributed by atoms with Gasteiger partial charge in [0.05, 0.1) is 12.0 Å². The van der Waals surface area contributed by atoms with E-state index < -0.39 is 5.41 Å². The molecular formula is C20H39NO3. The van der Waals surface area contributed by atoms with Crippen molar-refractivity contribution in [3.8, 4) is 0 Å². The van der Waals surface area contributed by atoms with Crippen LogP contribution in [0.15, 0.2) is 0 Å². The monoisotopic (exact) mass is 341 g/mol. The number of nitrogens with one attached hydrogen (secondary N) is 1. The third kappa shape index (κ3) is 8.16. The Morgan fingerprint density at radius 2 is 1.58 bits per heavy atom. The molecule has 0 fully saturated rings. The Morgan fingerprint density at radius 3 is 2.04 bits per heavy atom. The largest absolute Gasteiger partial charge is 0.463 e. The first-order valence-corrected chi connectivity index (χ1v) is 9.33. The first-order valence-electron chi connectivity index (χ1n) is 9.33. The molecule has 0 aliphatic rings. The number of unbranched alkanes of at least 4 members (excludes halogenated alkanes) is 1. The first kappa shape index (κ1) is 22.9. The molecule has 4 nitrogen and oxygen atoms in total. The first-order chi connectivity index (χ1) is 10.9. The molecule has 0 bridgehead atoms. The highest BCUT2D eigenvalue weighted by molar-refractivity contribution is 5.82. The van der Waals surface area contributed by atoms with Gasteiger partial charge in [0.2, 0.25) is 5.91 Å². The highest BCUT2D eigenvalue weighted by Crippen LogP contribution is 2.34. The predicted molar refractivity (Wildman–Crippen MR) is 99.7 cm³/mol. The molecule has 0 aromatic rings. The van der Waals surface area contributed by atoms with Gasteiger partial charge in [0, 0.05) is 5.41 Å². The molecule has 1 unspecified atom stereocenters. The van der Waals surface area contributed by atoms with Gasteiger partial charge in [-0.3, -0.25) is 9.59 Å². The van der Waals surface area contributed by atoms with Crippen LogP contribution >= 0.6 is 0 Å². The smallest absolute Gasteiger partial charge is 0.311 e. The molecule has 24 heavy (non-hydrogen) atoms. The molecule has 0 heterocycles. The SMILES string of the molecule is CCCCC(C)(CC)C(=O)NCCOC(=O)C(C)(C)CC(C)(C)C. The molecule has 1 amide bonds. The maximum Gasteiger partial charge on any atom is 0.311 e. The lowest BCUT2D eigenvalue weighted by molar-refractivity contribution is -0.155. The van der Waals surface area contributed by atoms with E-state index in [-0.39, 0.29) is 29.3 Å². The summed E-state index contributed by atoms with van der Waals surface area (Å²) in [5, 5.41) is 2.92. The van der Waals surface area contributed by atoms with E-state index in [1.807, 2.05) is 27.7 Å². The van der Waals surface area contributed by atoms with Gasteiger partial charge in [-0.1, -0.05) is 54.4 Å². The van der Waals surface area contributed by atoms with Gasteiger partial charge in [-0.15, -0.1) is 0 Å². The topological polar surface area (TPSA) is 55.4 Å². The van der Waals surface area contributed by atoms with Crippen LogP contribution in [0, 0.1) is 16.2 Å². The molecule has 0 aliphatic carbocycles. The Bertz CT molecular complexity index is 410. The Morgan fingerprint density at radius 1 is 1.00 bits per heavy atom. The number of esters is 1. The molecule has 4 heteroatoms. The average molecular weight is 342 g/mol. The van der Waals surface area contributed by atoms with E-state index >= 15 is 0 Å². The van der Waals surface area contributed by atoms with E-state index in [0.29, 0.717) is 6.54 Å². The van der Waals surface area contributed by atoms with Gasteiger partial charge in [-0.05, 0) is 38.5 Å². The summed E-state index contributed by atoms with van der Waals surface area (Å²) in [5.41, 5.74) is -0.772. The molecule has 0 saturated carbocycles. The van der Waals surface area contributed by atoms with Crippen molar-refractivity contribution < 1.29 is 14.3 Å². The van der Waals surface area contributed by atoms with Gasteiger partial charge in [-0.25, -0.2) is 0 Å². The molecule has 0 aromatic carbocycles. The van der Waals surface area contributed by atoms with Crippen LogP contribution in [0.25, 0.3) is 0 Å². The highest BCUT2D eigenvalue weighted by atomic mass is 16.5. The summed E-state index contributed by atoms with van der Waals surface area (Å²) >= 11 is 0. The van der Waals surface area contributed by atoms with Crippen LogP contribution in [0.2, 0.25) is 0 Å². The van der Waals surface area contributed by atoms with Gasteiger partial charge in [0.15, 0.2) is 0 Å². The standard InChI is InChI=1S/C20H39NO3/c1-9-11-12-20(8,10-2)16(22)21-13-14-24-17(23)19(6,7)15-18(3,4)5/h9-15H2,1-8H3,(H,21,22). The van der Waals surface area contributed by atoms with Gasteiger partial charge >= 0.3 is 5.97 Å². The number of ether oxygens (including phenoxy) is 1. The van der Waals surface area contributed by atoms with Crippen molar-refractivity contribution in [2.24, 2.45) is 16.2 Å². The fraction of sp³-hybridized carbons (Fsp3) is 0.900. The lowest BCUT2D eigenvalue weighted by atomic mass is 9.76. The third-order valence-electron chi connectivity index (χ3n) is 4.56. The molecule has 0 rings (SSSR count). The summed E-state index contributed by atoms with van der Waals surface area (Å²) in [6, 6.07) is 0. The zero-order chi connectivity index (χ0) is 19.0. The van der Waals surface area contributed by atoms with Gasteiger partial charge in [0.25, 0.3) is 0 Å². The number of hydrogen-bond acceptors (Lipinski definition) is 3. The second-order valence-electron chi connectivity index (χ2n) is 9.03. The second kappa shape index (κ2) is 9.43. The van der Waals surface area contributed by atoms with Crippen molar-refractivity contribution in [1.29, 1.82) is 0 Å². The van der Waals surface area contributed by atoms with Gasteiger partial charge in [-0.2, -0.15) is 0 Å². The number of carbonyl (C=O) groups excluding carboxylic acids is 2. The fourth-order valence-corrected chi connectivity index (χ4v) is 3.13. The van der Waals surface area contributed by atoms with Crippen LogP contribution in [0.3, 0.4) is 0 Å². The van der Waals surface area contributed by atoms with E-state index in [1.165, 1.54) is 0 Å². The summed E-state index contributed by atoms with van der Waals surface area (Å²) in [6.45, 7) is 17.0. The van der Waals surface area contributed by atoms with Crippen LogP contribution in [0.1, 0.15) is 87.5 Å². The number of rotatable bonds is 10. The number of amides is 1. The van der Waals surface area contributed by atoms with Crippen LogP contribution in [-0.2, 0) is 14.3 Å². The highest BCUT2D eigenvalue weighted by Gasteiger charge is 2.34. The molecule has 142 valence electrons. The van der Waals surface area contributed by atoms with Gasteiger partial charge < -0.3 is 10.1 Å². The minimum Gasteiger partial charge on any atom is -0.463 e. The lowest BCUT2D eigenvalue weighted by Gasteiger charge is -2.30. The summed E-state index contributed by atoms with van der Waals surface area (Å²) in [6.07, 6.45) is 4.61. The van der Waals surface area contributed by atoms with Crippen LogP contribution in [0.4, 0.5) is 0 Å². The van der Waals surface area contributed by atoms with E-state index in [4.69, 9.17) is 4.74 Å². The molecule has 0 spiro atoms. The summed E-state index contributed by atoms with van der Waals surface area (Å²) in [4.78, 5) is 24.6. The Labute approximate surface area is 149 Å². The Kier molecular flexibility index (Phi) is 9.01. The maximum absolute atomic E-state index is 12.4. The number of hydrogen-bond donors (Lipinski definition) is 1. The van der Waals surface area contributed by atoms with Crippen molar-refractivity contribution in [3.05, 3.63) is 0 Å². The molecular weight excluding hydrogens is 302 g/mol. The summed E-state index contributed by atoms with van der Waals surface area (Å²) in [7, 11) is 0. The molecule has 0 aromatic heterocycles. The minimum absolute atomic E-state index is 0.0588. The van der Waals surface area contributed by atoms with Crippen LogP contribution in [0.5, 0.6) is 0 Å². The quantitative estimate of drug-likeness (QED) is 0.462. The normalized spacial score (nSPS) is 14.8. The van der Waals surface area contributed by atoms with Crippen molar-refractivity contribution in [1.82, 2.24) is 5.32 Å². The Balaban J connectivity index is 4.33. The predicted octanol–water partition coefficient (Wildman–Crippen LogP) is 4.71. The second-order valence-corrected chi connectivity index (χ2v) is 9.03. The number of carbonyl (C=O) groups is 2. The molecule has 1 atom stereocenters. The third-order valence-corrected chi connectivity index (χ3v) is 4.56. The minimum atomic E-state index is -0.513. The van der Waals surface area contributed by atoms with E-state index in [9.17, 15) is 9.59 Å². The molecule has 0 radical (unpaired) electrons. The lowest BCUT2D eigenvalue weighted by Crippen LogP contribution is -2.41. The average Bonchev–Trinajstić information content (AvgIpc) is 2.46. The zero-order valence-electron chi connectivity index (χ0n) is 17.2. The van der Waals surface area contributed by atoms with E-state index in [1.54, 1.807) is 0 Å². The van der Waals surface area contributed by atoms with Crippen molar-refractivity contribution in [2.75, 3.05) is 13.2 Å². The van der Waals surface area contributed by atoms with Crippen molar-refractivity contribution in [3.63, 3.8) is 0 Å². The van der Waals surface area contributed by atoms with E-state index in [2.05, 4.69) is 33.0 Å². The maximum atomic E-state index is 12.4. The summed E-state index contributed by atoms with van der Waals surface area (Å²) in [5.74, 6) is -0.139. The van der Waals surface area contributed by atoms with Crippen LogP contribution < -0.4 is 5.32 Å². The van der Waals surface area contributed by atoms with Crippen molar-refractivity contribution in [2.45, 2.75) is 87.5 Å². The van der Waals surface area contributed by atoms with Crippen molar-refractivity contribution >= 4 is 11.9 Å². The zero-order valence-corrected chi connectivity index (χ0v) is 17.2. The summed E-state index contributed by atoms with van der Waals surface area (Å²) < 4.78 is 5.38. The Hall–Kier alpha value is -1.06. The van der Waals surface area contributed by atoms with E-state index in [0.717, 1.165) is 32.1 Å². The molecule has 0 aliphatic heterocycles. The fourth-order valence-electron chi connectivity index (χ4n) is 3.13. The molecule has 1 N–H and O–H groups in total.